The third kappa shape index (κ3) is 4.84. The molecule has 15 heteroatoms. The molecule has 0 aliphatic carbocycles. The number of carbonyl (C=O) groups is 4. The Hall–Kier alpha value is -3.82. The molecule has 7 atom stereocenters. The maximum Gasteiger partial charge on any atom is 0.353 e. The first-order valence-electron chi connectivity index (χ1n) is 14.0. The number of nitrogens with zero attached hydrogens (tertiary/aromatic N) is 6. The molecular weight excluding hydrogens is 562 g/mol. The van der Waals surface area contributed by atoms with Crippen LogP contribution in [-0.4, -0.2) is 108 Å². The Morgan fingerprint density at radius 3 is 2.74 bits per heavy atom. The molecule has 3 fully saturated rings. The van der Waals surface area contributed by atoms with Crippen LogP contribution in [0.25, 0.3) is 5.69 Å². The van der Waals surface area contributed by atoms with Crippen LogP contribution in [0.4, 0.5) is 0 Å². The lowest BCUT2D eigenvalue weighted by Crippen LogP contribution is -2.66. The zero-order chi connectivity index (χ0) is 29.7. The molecule has 4 aliphatic heterocycles. The quantitative estimate of drug-likeness (QED) is 0.290. The molecule has 3 saturated heterocycles. The Labute approximate surface area is 246 Å². The van der Waals surface area contributed by atoms with Gasteiger partial charge in [-0.05, 0) is 42.3 Å². The molecule has 1 aromatic heterocycles. The Morgan fingerprint density at radius 1 is 1.26 bits per heavy atom. The largest absolute Gasteiger partial charge is 0.477 e. The number of β-lactam (4-membered cyclic amide) rings is 1. The van der Waals surface area contributed by atoms with Crippen LogP contribution >= 0.6 is 11.8 Å². The summed E-state index contributed by atoms with van der Waals surface area (Å²) < 4.78 is 1.39. The summed E-state index contributed by atoms with van der Waals surface area (Å²) in [6.07, 6.45) is 2.74. The van der Waals surface area contributed by atoms with Gasteiger partial charge in [-0.3, -0.25) is 14.4 Å². The number of aromatic nitrogens is 4. The fourth-order valence-corrected chi connectivity index (χ4v) is 8.06. The monoisotopic (exact) mass is 595 g/mol. The van der Waals surface area contributed by atoms with Gasteiger partial charge in [-0.25, -0.2) is 4.79 Å². The highest BCUT2D eigenvalue weighted by molar-refractivity contribution is 8.03. The van der Waals surface area contributed by atoms with Crippen LogP contribution in [-0.2, 0) is 14.4 Å². The first-order chi connectivity index (χ1) is 20.2. The number of amides is 3. The molecule has 5 heterocycles. The summed E-state index contributed by atoms with van der Waals surface area (Å²) in [5.41, 5.74) is 6.81. The van der Waals surface area contributed by atoms with Gasteiger partial charge >= 0.3 is 5.97 Å². The van der Waals surface area contributed by atoms with Gasteiger partial charge in [-0.15, -0.1) is 16.9 Å². The van der Waals surface area contributed by atoms with Gasteiger partial charge in [0.05, 0.1) is 29.3 Å². The van der Waals surface area contributed by atoms with E-state index in [-0.39, 0.29) is 40.8 Å². The smallest absolute Gasteiger partial charge is 0.353 e. The van der Waals surface area contributed by atoms with E-state index in [9.17, 15) is 24.3 Å². The lowest BCUT2D eigenvalue weighted by molar-refractivity contribution is -0.158. The number of hydrogen-bond donors (Lipinski definition) is 4. The highest BCUT2D eigenvalue weighted by atomic mass is 32.2. The van der Waals surface area contributed by atoms with Crippen molar-refractivity contribution in [3.63, 3.8) is 0 Å². The van der Waals surface area contributed by atoms with Gasteiger partial charge in [-0.1, -0.05) is 19.1 Å². The number of para-hydroxylation sites is 1. The summed E-state index contributed by atoms with van der Waals surface area (Å²) in [4.78, 5) is 55.8. The van der Waals surface area contributed by atoms with E-state index in [4.69, 9.17) is 5.73 Å². The van der Waals surface area contributed by atoms with Crippen molar-refractivity contribution < 1.29 is 24.3 Å². The van der Waals surface area contributed by atoms with Crippen LogP contribution in [0.5, 0.6) is 0 Å². The van der Waals surface area contributed by atoms with Gasteiger partial charge < -0.3 is 31.3 Å². The van der Waals surface area contributed by atoms with Gasteiger partial charge in [0.1, 0.15) is 12.0 Å². The number of likely N-dealkylation sites (tertiary alicyclic amines) is 1. The van der Waals surface area contributed by atoms with E-state index in [0.29, 0.717) is 42.2 Å². The van der Waals surface area contributed by atoms with Gasteiger partial charge in [0, 0.05) is 47.8 Å². The Morgan fingerprint density at radius 2 is 2.05 bits per heavy atom. The van der Waals surface area contributed by atoms with Crippen molar-refractivity contribution in [1.29, 1.82) is 0 Å². The van der Waals surface area contributed by atoms with Crippen molar-refractivity contribution in [3.05, 3.63) is 46.8 Å². The predicted octanol–water partition coefficient (Wildman–Crippen LogP) is -0.423. The second kappa shape index (κ2) is 11.1. The summed E-state index contributed by atoms with van der Waals surface area (Å²) in [5.74, 6) is -2.68. The van der Waals surface area contributed by atoms with Gasteiger partial charge in [0.15, 0.2) is 0 Å². The zero-order valence-electron chi connectivity index (χ0n) is 23.2. The maximum atomic E-state index is 13.4. The van der Waals surface area contributed by atoms with Crippen molar-refractivity contribution in [1.82, 2.24) is 40.6 Å². The van der Waals surface area contributed by atoms with E-state index < -0.39 is 29.9 Å². The van der Waals surface area contributed by atoms with Crippen LogP contribution in [0.15, 0.2) is 41.2 Å². The number of nitrogens with one attached hydrogen (secondary N) is 2. The number of fused-ring (bicyclic) bond motifs is 1. The number of carbonyl (C=O) groups excluding carboxylic acids is 3. The van der Waals surface area contributed by atoms with Crippen molar-refractivity contribution in [2.24, 2.45) is 17.6 Å². The SMILES string of the molecule is C[C@@H](NC(=O)c1ccccc1-n1cnnn1)[C@H]1C(=O)N2C(C(=O)O)=C(S[C@@H]3CN[C@H](C(=O)N4CCC(N)C4)C3)[C@H](C)[C@H]12. The number of rotatable bonds is 8. The van der Waals surface area contributed by atoms with E-state index in [1.54, 1.807) is 36.1 Å². The van der Waals surface area contributed by atoms with Crippen LogP contribution in [0, 0.1) is 11.8 Å². The third-order valence-electron chi connectivity index (χ3n) is 8.65. The number of hydrogen-bond acceptors (Lipinski definition) is 10. The molecule has 14 nitrogen and oxygen atoms in total. The number of benzene rings is 1. The van der Waals surface area contributed by atoms with Crippen LogP contribution < -0.4 is 16.4 Å². The molecule has 4 aliphatic rings. The molecule has 0 bridgehead atoms. The molecule has 2 aromatic rings. The predicted molar refractivity (Wildman–Crippen MR) is 151 cm³/mol. The zero-order valence-corrected chi connectivity index (χ0v) is 24.0. The highest BCUT2D eigenvalue weighted by Gasteiger charge is 2.60. The number of carboxylic acids is 1. The first kappa shape index (κ1) is 28.3. The average molecular weight is 596 g/mol. The normalized spacial score (nSPS) is 29.5. The summed E-state index contributed by atoms with van der Waals surface area (Å²) in [5, 5.41) is 27.5. The van der Waals surface area contributed by atoms with Crippen LogP contribution in [0.1, 0.15) is 37.0 Å². The summed E-state index contributed by atoms with van der Waals surface area (Å²) in [7, 11) is 0. The van der Waals surface area contributed by atoms with Crippen molar-refractivity contribution in [2.45, 2.75) is 56.1 Å². The standard InChI is InChI=1S/C27H33N9O5S/c1-13-21-20(14(2)31-24(37)17-5-3-4-6-19(17)35-12-30-32-33-35)26(39)36(21)22(27(40)41)23(13)42-16-9-18(29-10-16)25(38)34-8-7-15(28)11-34/h3-6,12-16,18,20-21,29H,7-11,28H2,1-2H3,(H,31,37)(H,40,41)/t13-,14-,15?,16+,18+,20-,21-/m1/s1. The minimum absolute atomic E-state index is 0.00148. The molecule has 1 aromatic carbocycles. The summed E-state index contributed by atoms with van der Waals surface area (Å²) in [6, 6.07) is 5.58. The molecule has 42 heavy (non-hydrogen) atoms. The third-order valence-corrected chi connectivity index (χ3v) is 10.2. The molecule has 6 rings (SSSR count). The second-order valence-electron chi connectivity index (χ2n) is 11.3. The molecule has 0 spiro atoms. The minimum atomic E-state index is -1.16. The fourth-order valence-electron chi connectivity index (χ4n) is 6.58. The van der Waals surface area contributed by atoms with E-state index >= 15 is 0 Å². The second-order valence-corrected chi connectivity index (χ2v) is 12.7. The minimum Gasteiger partial charge on any atom is -0.477 e. The molecular formula is C27H33N9O5S. The molecule has 5 N–H and O–H groups in total. The molecule has 222 valence electrons. The van der Waals surface area contributed by atoms with Crippen molar-refractivity contribution in [2.75, 3.05) is 19.6 Å². The topological polar surface area (TPSA) is 189 Å². The molecule has 0 saturated carbocycles. The van der Waals surface area contributed by atoms with E-state index in [0.717, 1.165) is 6.42 Å². The Balaban J connectivity index is 1.14. The van der Waals surface area contributed by atoms with E-state index in [1.807, 2.05) is 6.92 Å². The molecule has 1 unspecified atom stereocenters. The van der Waals surface area contributed by atoms with Crippen LogP contribution in [0.2, 0.25) is 0 Å². The number of tetrazole rings is 1. The number of nitrogens with two attached hydrogens (primary N) is 1. The van der Waals surface area contributed by atoms with Gasteiger partial charge in [-0.2, -0.15) is 4.68 Å². The Bertz CT molecular complexity index is 1450. The van der Waals surface area contributed by atoms with E-state index in [1.165, 1.54) is 27.7 Å². The van der Waals surface area contributed by atoms with Gasteiger partial charge in [0.2, 0.25) is 11.8 Å². The summed E-state index contributed by atoms with van der Waals surface area (Å²) >= 11 is 1.44. The lowest BCUT2D eigenvalue weighted by Gasteiger charge is -2.47. The number of thioether (sulfide) groups is 1. The lowest BCUT2D eigenvalue weighted by atomic mass is 9.78. The van der Waals surface area contributed by atoms with Crippen molar-refractivity contribution >= 4 is 35.5 Å². The maximum absolute atomic E-state index is 13.4. The van der Waals surface area contributed by atoms with Gasteiger partial charge in [0.25, 0.3) is 5.91 Å². The van der Waals surface area contributed by atoms with Crippen molar-refractivity contribution in [3.8, 4) is 5.69 Å². The fraction of sp³-hybridized carbons (Fsp3) is 0.519. The first-order valence-corrected chi connectivity index (χ1v) is 14.9. The van der Waals surface area contributed by atoms with Crippen LogP contribution in [0.3, 0.4) is 0 Å². The number of aliphatic carboxylic acids is 1. The molecule has 3 amide bonds. The average Bonchev–Trinajstić information content (AvgIpc) is 3.77. The highest BCUT2D eigenvalue weighted by Crippen LogP contribution is 2.52. The number of carboxylic acid groups (broad SMARTS) is 1. The van der Waals surface area contributed by atoms with E-state index in [2.05, 4.69) is 26.2 Å². The summed E-state index contributed by atoms with van der Waals surface area (Å²) in [6.45, 7) is 5.45. The Kier molecular flexibility index (Phi) is 7.49. The molecule has 0 radical (unpaired) electrons.